The highest BCUT2D eigenvalue weighted by atomic mass is 16.3. The third-order valence-corrected chi connectivity index (χ3v) is 3.12. The van der Waals surface area contributed by atoms with Crippen LogP contribution in [0.25, 0.3) is 0 Å². The lowest BCUT2D eigenvalue weighted by Crippen LogP contribution is -1.80. The number of hydrogen-bond acceptors (Lipinski definition) is 4. The highest BCUT2D eigenvalue weighted by Gasteiger charge is 2.01. The van der Waals surface area contributed by atoms with E-state index in [1.54, 1.807) is 25.1 Å². The van der Waals surface area contributed by atoms with E-state index in [1.807, 2.05) is 20.8 Å². The van der Waals surface area contributed by atoms with E-state index >= 15 is 0 Å². The SMILES string of the molecule is Cc1cc(O)c(C)c(O)c1.Cc1cc(O)cc(O)c1C. The van der Waals surface area contributed by atoms with Gasteiger partial charge in [-0.15, -0.1) is 0 Å². The second-order valence-electron chi connectivity index (χ2n) is 4.83. The van der Waals surface area contributed by atoms with Gasteiger partial charge in [-0.3, -0.25) is 0 Å². The van der Waals surface area contributed by atoms with Crippen LogP contribution in [0, 0.1) is 27.7 Å². The third kappa shape index (κ3) is 3.82. The minimum Gasteiger partial charge on any atom is -0.508 e. The number of benzene rings is 2. The predicted octanol–water partition coefficient (Wildman–Crippen LogP) is 3.43. The maximum atomic E-state index is 9.12. The Morgan fingerprint density at radius 1 is 0.600 bits per heavy atom. The molecule has 0 aliphatic rings. The molecule has 0 bridgehead atoms. The van der Waals surface area contributed by atoms with Gasteiger partial charge in [0.2, 0.25) is 0 Å². The molecular weight excluding hydrogens is 256 g/mol. The highest BCUT2D eigenvalue weighted by Crippen LogP contribution is 2.26. The van der Waals surface area contributed by atoms with Gasteiger partial charge >= 0.3 is 0 Å². The fourth-order valence-electron chi connectivity index (χ4n) is 1.64. The molecule has 0 aromatic heterocycles. The van der Waals surface area contributed by atoms with Crippen LogP contribution in [0.2, 0.25) is 0 Å². The number of phenols is 4. The molecule has 2 rings (SSSR count). The number of rotatable bonds is 0. The highest BCUT2D eigenvalue weighted by molar-refractivity contribution is 5.45. The van der Waals surface area contributed by atoms with E-state index in [0.29, 0.717) is 5.56 Å². The molecule has 4 nitrogen and oxygen atoms in total. The van der Waals surface area contributed by atoms with Crippen LogP contribution < -0.4 is 0 Å². The van der Waals surface area contributed by atoms with Gasteiger partial charge in [-0.25, -0.2) is 0 Å². The Hall–Kier alpha value is -2.36. The van der Waals surface area contributed by atoms with E-state index in [1.165, 1.54) is 6.07 Å². The lowest BCUT2D eigenvalue weighted by atomic mass is 10.1. The second-order valence-corrected chi connectivity index (χ2v) is 4.83. The Labute approximate surface area is 118 Å². The van der Waals surface area contributed by atoms with Gasteiger partial charge in [0.1, 0.15) is 23.0 Å². The maximum absolute atomic E-state index is 9.12. The molecule has 0 saturated heterocycles. The molecule has 0 saturated carbocycles. The first-order chi connectivity index (χ1) is 9.22. The first-order valence-corrected chi connectivity index (χ1v) is 6.20. The van der Waals surface area contributed by atoms with E-state index < -0.39 is 0 Å². The molecule has 108 valence electrons. The molecule has 0 fully saturated rings. The summed E-state index contributed by atoms with van der Waals surface area (Å²) in [6.45, 7) is 7.14. The zero-order valence-corrected chi connectivity index (χ0v) is 12.1. The van der Waals surface area contributed by atoms with Crippen molar-refractivity contribution in [3.8, 4) is 23.0 Å². The number of aromatic hydroxyl groups is 4. The Morgan fingerprint density at radius 3 is 1.50 bits per heavy atom. The molecule has 0 radical (unpaired) electrons. The predicted molar refractivity (Wildman–Crippen MR) is 78.5 cm³/mol. The summed E-state index contributed by atoms with van der Waals surface area (Å²) < 4.78 is 0. The zero-order valence-electron chi connectivity index (χ0n) is 12.1. The first-order valence-electron chi connectivity index (χ1n) is 6.20. The van der Waals surface area contributed by atoms with Crippen molar-refractivity contribution in [2.75, 3.05) is 0 Å². The molecule has 0 heterocycles. The molecule has 4 heteroatoms. The molecule has 0 spiro atoms. The van der Waals surface area contributed by atoms with Crippen LogP contribution in [0.5, 0.6) is 23.0 Å². The minimum atomic E-state index is 0.112. The van der Waals surface area contributed by atoms with Gasteiger partial charge in [-0.05, 0) is 62.6 Å². The van der Waals surface area contributed by atoms with Gasteiger partial charge < -0.3 is 20.4 Å². The topological polar surface area (TPSA) is 80.9 Å². The minimum absolute atomic E-state index is 0.112. The largest absolute Gasteiger partial charge is 0.508 e. The molecular formula is C16H20O4. The number of aryl methyl sites for hydroxylation is 2. The van der Waals surface area contributed by atoms with E-state index in [0.717, 1.165) is 16.7 Å². The summed E-state index contributed by atoms with van der Waals surface area (Å²) in [6.07, 6.45) is 0. The van der Waals surface area contributed by atoms with Crippen LogP contribution >= 0.6 is 0 Å². The van der Waals surface area contributed by atoms with Crippen LogP contribution in [0.3, 0.4) is 0 Å². The smallest absolute Gasteiger partial charge is 0.122 e. The molecule has 0 amide bonds. The molecule has 2 aromatic rings. The van der Waals surface area contributed by atoms with Crippen LogP contribution in [-0.2, 0) is 0 Å². The van der Waals surface area contributed by atoms with E-state index in [4.69, 9.17) is 20.4 Å². The quantitative estimate of drug-likeness (QED) is 0.594. The average Bonchev–Trinajstić information content (AvgIpc) is 2.33. The maximum Gasteiger partial charge on any atom is 0.122 e. The van der Waals surface area contributed by atoms with Gasteiger partial charge in [-0.1, -0.05) is 0 Å². The van der Waals surface area contributed by atoms with Gasteiger partial charge in [0.15, 0.2) is 0 Å². The van der Waals surface area contributed by atoms with E-state index in [9.17, 15) is 0 Å². The summed E-state index contributed by atoms with van der Waals surface area (Å²) in [5, 5.41) is 36.3. The first kappa shape index (κ1) is 15.7. The van der Waals surface area contributed by atoms with Crippen LogP contribution in [-0.4, -0.2) is 20.4 Å². The summed E-state index contributed by atoms with van der Waals surface area (Å²) in [7, 11) is 0. The van der Waals surface area contributed by atoms with Crippen molar-refractivity contribution >= 4 is 0 Å². The van der Waals surface area contributed by atoms with Crippen LogP contribution in [0.15, 0.2) is 24.3 Å². The van der Waals surface area contributed by atoms with Crippen molar-refractivity contribution in [2.45, 2.75) is 27.7 Å². The Bertz CT molecular complexity index is 516. The molecule has 20 heavy (non-hydrogen) atoms. The van der Waals surface area contributed by atoms with Crippen LogP contribution in [0.1, 0.15) is 22.3 Å². The van der Waals surface area contributed by atoms with Crippen molar-refractivity contribution in [1.82, 2.24) is 0 Å². The van der Waals surface area contributed by atoms with Gasteiger partial charge in [0, 0.05) is 11.6 Å². The fourth-order valence-corrected chi connectivity index (χ4v) is 1.64. The standard InChI is InChI=1S/2C8H10O2/c1-5-3-7(9)4-8(10)6(5)2;1-5-3-7(9)6(2)8(10)4-5/h2*3-4,9-10H,1-2H3. The normalized spacial score (nSPS) is 9.80. The van der Waals surface area contributed by atoms with Crippen LogP contribution in [0.4, 0.5) is 0 Å². The van der Waals surface area contributed by atoms with E-state index in [-0.39, 0.29) is 23.0 Å². The second kappa shape index (κ2) is 6.19. The summed E-state index contributed by atoms with van der Waals surface area (Å²) in [6, 6.07) is 6.20. The molecule has 0 unspecified atom stereocenters. The Morgan fingerprint density at radius 2 is 1.05 bits per heavy atom. The van der Waals surface area contributed by atoms with Crippen molar-refractivity contribution in [2.24, 2.45) is 0 Å². The van der Waals surface area contributed by atoms with Crippen molar-refractivity contribution in [1.29, 1.82) is 0 Å². The van der Waals surface area contributed by atoms with Crippen molar-refractivity contribution in [3.05, 3.63) is 46.5 Å². The summed E-state index contributed by atoms with van der Waals surface area (Å²) in [5.41, 5.74) is 3.11. The van der Waals surface area contributed by atoms with E-state index in [2.05, 4.69) is 0 Å². The Balaban J connectivity index is 0.000000200. The lowest BCUT2D eigenvalue weighted by Gasteiger charge is -2.02. The number of phenolic OH excluding ortho intramolecular Hbond substituents is 4. The number of hydrogen-bond donors (Lipinski definition) is 4. The van der Waals surface area contributed by atoms with Crippen molar-refractivity contribution < 1.29 is 20.4 Å². The van der Waals surface area contributed by atoms with Gasteiger partial charge in [0.05, 0.1) is 0 Å². The third-order valence-electron chi connectivity index (χ3n) is 3.12. The molecule has 2 aromatic carbocycles. The fraction of sp³-hybridized carbons (Fsp3) is 0.250. The summed E-state index contributed by atoms with van der Waals surface area (Å²) >= 11 is 0. The van der Waals surface area contributed by atoms with Gasteiger partial charge in [-0.2, -0.15) is 0 Å². The monoisotopic (exact) mass is 276 g/mol. The molecule has 0 aliphatic heterocycles. The Kier molecular flexibility index (Phi) is 4.86. The summed E-state index contributed by atoms with van der Waals surface area (Å²) in [5.74, 6) is 0.563. The lowest BCUT2D eigenvalue weighted by molar-refractivity contribution is 0.442. The summed E-state index contributed by atoms with van der Waals surface area (Å²) in [4.78, 5) is 0. The zero-order chi connectivity index (χ0) is 15.4. The molecule has 0 atom stereocenters. The molecule has 4 N–H and O–H groups in total. The average molecular weight is 276 g/mol. The molecule has 0 aliphatic carbocycles. The van der Waals surface area contributed by atoms with Gasteiger partial charge in [0.25, 0.3) is 0 Å². The van der Waals surface area contributed by atoms with Crippen molar-refractivity contribution in [3.63, 3.8) is 0 Å².